The molecule has 34 heavy (non-hydrogen) atoms. The second kappa shape index (κ2) is 10.0. The summed E-state index contributed by atoms with van der Waals surface area (Å²) in [6, 6.07) is 7.82. The first kappa shape index (κ1) is 26.5. The van der Waals surface area contributed by atoms with Crippen molar-refractivity contribution in [2.75, 3.05) is 24.4 Å². The minimum Gasteiger partial charge on any atom is -0.467 e. The molecular weight excluding hydrogens is 476 g/mol. The van der Waals surface area contributed by atoms with Crippen LogP contribution in [0, 0.1) is 17.1 Å². The molecule has 2 N–H and O–H groups in total. The van der Waals surface area contributed by atoms with Gasteiger partial charge in [0, 0.05) is 18.4 Å². The molecular formula is C22H20F4N4O3S. The Kier molecular flexibility index (Phi) is 7.84. The van der Waals surface area contributed by atoms with E-state index in [1.165, 1.54) is 45.2 Å². The Balaban J connectivity index is 2.56. The number of anilines is 2. The highest BCUT2D eigenvalue weighted by molar-refractivity contribution is 7.80. The zero-order valence-electron chi connectivity index (χ0n) is 18.5. The fourth-order valence-corrected chi connectivity index (χ4v) is 3.58. The van der Waals surface area contributed by atoms with E-state index in [4.69, 9.17) is 22.2 Å². The molecule has 0 aliphatic heterocycles. The van der Waals surface area contributed by atoms with Gasteiger partial charge in [-0.3, -0.25) is 4.79 Å². The van der Waals surface area contributed by atoms with E-state index in [0.29, 0.717) is 6.07 Å². The van der Waals surface area contributed by atoms with Crippen LogP contribution >= 0.6 is 12.2 Å². The number of rotatable bonds is 5. The van der Waals surface area contributed by atoms with E-state index in [9.17, 15) is 27.2 Å². The molecule has 0 aliphatic carbocycles. The molecule has 0 bridgehead atoms. The number of hydrogen-bond donors (Lipinski definition) is 2. The van der Waals surface area contributed by atoms with Crippen molar-refractivity contribution < 1.29 is 31.9 Å². The lowest BCUT2D eigenvalue weighted by Crippen LogP contribution is -2.55. The molecule has 0 aromatic heterocycles. The van der Waals surface area contributed by atoms with E-state index in [1.54, 1.807) is 0 Å². The average Bonchev–Trinajstić information content (AvgIpc) is 2.77. The molecule has 0 saturated carbocycles. The third kappa shape index (κ3) is 5.43. The van der Waals surface area contributed by atoms with Gasteiger partial charge in [0.15, 0.2) is 5.11 Å². The maximum atomic E-state index is 14.7. The highest BCUT2D eigenvalue weighted by Crippen LogP contribution is 2.34. The number of nitriles is 1. The fourth-order valence-electron chi connectivity index (χ4n) is 3.13. The van der Waals surface area contributed by atoms with E-state index in [1.807, 2.05) is 0 Å². The van der Waals surface area contributed by atoms with Crippen LogP contribution in [0.5, 0.6) is 0 Å². The van der Waals surface area contributed by atoms with Gasteiger partial charge < -0.3 is 20.3 Å². The number of carbonyl (C=O) groups is 2. The molecule has 0 aliphatic rings. The zero-order chi connectivity index (χ0) is 25.8. The third-order valence-corrected chi connectivity index (χ3v) is 5.11. The Morgan fingerprint density at radius 3 is 2.29 bits per heavy atom. The van der Waals surface area contributed by atoms with Crippen molar-refractivity contribution in [2.45, 2.75) is 25.6 Å². The Morgan fingerprint density at radius 2 is 1.79 bits per heavy atom. The van der Waals surface area contributed by atoms with E-state index < -0.39 is 40.5 Å². The molecule has 180 valence electrons. The second-order valence-electron chi connectivity index (χ2n) is 7.43. The first-order valence-electron chi connectivity index (χ1n) is 9.60. The molecule has 2 rings (SSSR count). The second-order valence-corrected chi connectivity index (χ2v) is 7.82. The highest BCUT2D eigenvalue weighted by Gasteiger charge is 2.39. The van der Waals surface area contributed by atoms with Crippen LogP contribution in [0.15, 0.2) is 36.4 Å². The van der Waals surface area contributed by atoms with Gasteiger partial charge in [0.05, 0.1) is 29.9 Å². The smallest absolute Gasteiger partial charge is 0.417 e. The van der Waals surface area contributed by atoms with Crippen LogP contribution in [0.25, 0.3) is 0 Å². The van der Waals surface area contributed by atoms with Crippen LogP contribution in [0.2, 0.25) is 0 Å². The lowest BCUT2D eigenvalue weighted by atomic mass is 10.0. The van der Waals surface area contributed by atoms with Crippen molar-refractivity contribution in [1.29, 1.82) is 5.26 Å². The molecule has 0 radical (unpaired) electrons. The number of thiocarbonyl (C=S) groups is 1. The number of esters is 1. The number of alkyl halides is 3. The van der Waals surface area contributed by atoms with Gasteiger partial charge in [-0.1, -0.05) is 0 Å². The van der Waals surface area contributed by atoms with Gasteiger partial charge in [-0.05, 0) is 62.5 Å². The van der Waals surface area contributed by atoms with Crippen LogP contribution in [0.3, 0.4) is 0 Å². The summed E-state index contributed by atoms with van der Waals surface area (Å²) in [6.45, 7) is 2.83. The number of methoxy groups -OCH3 is 1. The largest absolute Gasteiger partial charge is 0.467 e. The summed E-state index contributed by atoms with van der Waals surface area (Å²) in [4.78, 5) is 25.5. The first-order chi connectivity index (χ1) is 15.8. The lowest BCUT2D eigenvalue weighted by Gasteiger charge is -2.38. The van der Waals surface area contributed by atoms with E-state index in [0.717, 1.165) is 24.1 Å². The van der Waals surface area contributed by atoms with Crippen LogP contribution in [-0.2, 0) is 15.7 Å². The van der Waals surface area contributed by atoms with Crippen molar-refractivity contribution >= 4 is 40.6 Å². The van der Waals surface area contributed by atoms with E-state index in [-0.39, 0.29) is 22.1 Å². The topological polar surface area (TPSA) is 94.5 Å². The minimum atomic E-state index is -4.80. The van der Waals surface area contributed by atoms with Crippen molar-refractivity contribution in [3.05, 3.63) is 58.9 Å². The number of nitrogens with zero attached hydrogens (tertiary/aromatic N) is 2. The molecule has 12 heteroatoms. The maximum Gasteiger partial charge on any atom is 0.417 e. The van der Waals surface area contributed by atoms with Crippen LogP contribution in [0.4, 0.5) is 28.9 Å². The fraction of sp³-hybridized carbons (Fsp3) is 0.273. The van der Waals surface area contributed by atoms with Crippen molar-refractivity contribution in [1.82, 2.24) is 5.32 Å². The first-order valence-corrected chi connectivity index (χ1v) is 10.0. The number of carbonyl (C=O) groups excluding carboxylic acids is 2. The Morgan fingerprint density at radius 1 is 1.15 bits per heavy atom. The van der Waals surface area contributed by atoms with Crippen LogP contribution in [-0.4, -0.2) is 36.7 Å². The predicted octanol–water partition coefficient (Wildman–Crippen LogP) is 4.23. The summed E-state index contributed by atoms with van der Waals surface area (Å²) in [6.07, 6.45) is -4.80. The van der Waals surface area contributed by atoms with Crippen molar-refractivity contribution in [3.63, 3.8) is 0 Å². The van der Waals surface area contributed by atoms with Crippen LogP contribution < -0.4 is 15.5 Å². The minimum absolute atomic E-state index is 0.0303. The van der Waals surface area contributed by atoms with Gasteiger partial charge in [0.1, 0.15) is 11.4 Å². The summed E-state index contributed by atoms with van der Waals surface area (Å²) < 4.78 is 59.5. The summed E-state index contributed by atoms with van der Waals surface area (Å²) in [7, 11) is 2.46. The number of ether oxygens (including phenoxy) is 1. The van der Waals surface area contributed by atoms with Gasteiger partial charge in [-0.2, -0.15) is 18.4 Å². The quantitative estimate of drug-likeness (QED) is 0.364. The summed E-state index contributed by atoms with van der Waals surface area (Å²) in [5, 5.41) is 13.6. The normalized spacial score (nSPS) is 11.3. The summed E-state index contributed by atoms with van der Waals surface area (Å²) in [5.74, 6) is -2.37. The maximum absolute atomic E-state index is 14.7. The molecule has 2 aromatic rings. The number of benzene rings is 2. The van der Waals surface area contributed by atoms with Gasteiger partial charge in [0.2, 0.25) is 0 Å². The van der Waals surface area contributed by atoms with Gasteiger partial charge in [-0.15, -0.1) is 0 Å². The Bertz CT molecular complexity index is 1180. The number of amides is 1. The summed E-state index contributed by atoms with van der Waals surface area (Å²) >= 11 is 5.36. The molecule has 0 fully saturated rings. The summed E-state index contributed by atoms with van der Waals surface area (Å²) in [5.41, 5.74) is -3.65. The average molecular weight is 496 g/mol. The molecule has 0 unspecified atom stereocenters. The Labute approximate surface area is 198 Å². The van der Waals surface area contributed by atoms with Crippen LogP contribution in [0.1, 0.15) is 35.3 Å². The number of nitrogens with one attached hydrogen (secondary N) is 2. The van der Waals surface area contributed by atoms with Gasteiger partial charge in [0.25, 0.3) is 5.91 Å². The zero-order valence-corrected chi connectivity index (χ0v) is 19.3. The predicted molar refractivity (Wildman–Crippen MR) is 121 cm³/mol. The Hall–Kier alpha value is -3.72. The monoisotopic (exact) mass is 496 g/mol. The van der Waals surface area contributed by atoms with Gasteiger partial charge >= 0.3 is 12.1 Å². The number of halogens is 4. The van der Waals surface area contributed by atoms with Crippen molar-refractivity contribution in [2.24, 2.45) is 0 Å². The molecule has 0 spiro atoms. The highest BCUT2D eigenvalue weighted by atomic mass is 32.1. The SMILES string of the molecule is CNC(=O)c1ccc(N(C(=S)Nc2ccc(C#N)c(C(F)(F)F)c2)C(C)(C)C(=O)OC)cc1F. The standard InChI is InChI=1S/C22H20F4N4O3S/c1-21(2,19(32)33-4)30(14-7-8-15(17(23)10-14)18(31)28-3)20(34)29-13-6-5-12(11-27)16(9-13)22(24,25)26/h5-10H,1-4H3,(H,28,31)(H,29,34). The van der Waals surface area contributed by atoms with E-state index >= 15 is 0 Å². The number of hydrogen-bond acceptors (Lipinski definition) is 5. The van der Waals surface area contributed by atoms with Gasteiger partial charge in [-0.25, -0.2) is 9.18 Å². The molecule has 7 nitrogen and oxygen atoms in total. The molecule has 0 heterocycles. The molecule has 1 amide bonds. The third-order valence-electron chi connectivity index (χ3n) is 4.83. The molecule has 0 saturated heterocycles. The van der Waals surface area contributed by atoms with E-state index in [2.05, 4.69) is 10.6 Å². The molecule has 2 aromatic carbocycles. The lowest BCUT2D eigenvalue weighted by molar-refractivity contribution is -0.145. The molecule has 0 atom stereocenters. The van der Waals surface area contributed by atoms with Crippen molar-refractivity contribution in [3.8, 4) is 6.07 Å².